The third-order valence-corrected chi connectivity index (χ3v) is 3.69. The Labute approximate surface area is 89.3 Å². The van der Waals surface area contributed by atoms with Crippen LogP contribution in [0, 0.1) is 11.8 Å². The number of piperidine rings is 1. The van der Waals surface area contributed by atoms with Gasteiger partial charge in [0.1, 0.15) is 0 Å². The minimum Gasteiger partial charge on any atom is -0.306 e. The van der Waals surface area contributed by atoms with Crippen LogP contribution in [0.15, 0.2) is 0 Å². The molecule has 2 heteroatoms. The first-order valence-corrected chi connectivity index (χ1v) is 5.89. The maximum Gasteiger partial charge on any atom is 0.00356 e. The third-order valence-electron chi connectivity index (χ3n) is 3.69. The molecule has 0 aromatic carbocycles. The SMILES string of the molecule is CC1CN(C)CCC1CN(C)C(C)C. The normalized spacial score (nSPS) is 30.2. The van der Waals surface area contributed by atoms with Crippen molar-refractivity contribution in [1.82, 2.24) is 9.80 Å². The maximum atomic E-state index is 2.48. The molecule has 0 amide bonds. The number of likely N-dealkylation sites (tertiary alicyclic amines) is 1. The van der Waals surface area contributed by atoms with Crippen LogP contribution in [0.4, 0.5) is 0 Å². The van der Waals surface area contributed by atoms with E-state index in [1.807, 2.05) is 0 Å². The van der Waals surface area contributed by atoms with E-state index in [2.05, 4.69) is 44.7 Å². The number of hydrogen-bond acceptors (Lipinski definition) is 2. The lowest BCUT2D eigenvalue weighted by Crippen LogP contribution is -2.42. The average Bonchev–Trinajstić information content (AvgIpc) is 2.09. The standard InChI is InChI=1S/C12H26N2/c1-10(2)14(5)9-12-6-7-13(4)8-11(12)3/h10-12H,6-9H2,1-5H3. The van der Waals surface area contributed by atoms with Crippen molar-refractivity contribution in [3.63, 3.8) is 0 Å². The summed E-state index contributed by atoms with van der Waals surface area (Å²) >= 11 is 0. The lowest BCUT2D eigenvalue weighted by atomic mass is 9.86. The molecule has 1 heterocycles. The van der Waals surface area contributed by atoms with E-state index in [9.17, 15) is 0 Å². The molecule has 84 valence electrons. The topological polar surface area (TPSA) is 6.48 Å². The largest absolute Gasteiger partial charge is 0.306 e. The Morgan fingerprint density at radius 1 is 1.43 bits per heavy atom. The van der Waals surface area contributed by atoms with Crippen molar-refractivity contribution in [2.75, 3.05) is 33.7 Å². The van der Waals surface area contributed by atoms with E-state index >= 15 is 0 Å². The molecule has 0 N–H and O–H groups in total. The molecule has 0 spiro atoms. The Balaban J connectivity index is 2.37. The van der Waals surface area contributed by atoms with Gasteiger partial charge in [0.25, 0.3) is 0 Å². The van der Waals surface area contributed by atoms with Crippen molar-refractivity contribution < 1.29 is 0 Å². The summed E-state index contributed by atoms with van der Waals surface area (Å²) in [5, 5.41) is 0. The minimum absolute atomic E-state index is 0.682. The average molecular weight is 198 g/mol. The van der Waals surface area contributed by atoms with Crippen molar-refractivity contribution in [3.8, 4) is 0 Å². The van der Waals surface area contributed by atoms with Crippen LogP contribution in [0.1, 0.15) is 27.2 Å². The van der Waals surface area contributed by atoms with Gasteiger partial charge in [-0.25, -0.2) is 0 Å². The van der Waals surface area contributed by atoms with Gasteiger partial charge in [-0.05, 0) is 52.7 Å². The second-order valence-corrected chi connectivity index (χ2v) is 5.32. The highest BCUT2D eigenvalue weighted by atomic mass is 15.1. The summed E-state index contributed by atoms with van der Waals surface area (Å²) in [5.41, 5.74) is 0. The lowest BCUT2D eigenvalue weighted by molar-refractivity contribution is 0.112. The molecule has 1 fully saturated rings. The molecule has 0 radical (unpaired) electrons. The molecule has 0 aromatic heterocycles. The highest BCUT2D eigenvalue weighted by Crippen LogP contribution is 2.23. The van der Waals surface area contributed by atoms with E-state index < -0.39 is 0 Å². The van der Waals surface area contributed by atoms with Gasteiger partial charge in [-0.1, -0.05) is 6.92 Å². The summed E-state index contributed by atoms with van der Waals surface area (Å²) in [6.07, 6.45) is 1.37. The summed E-state index contributed by atoms with van der Waals surface area (Å²) in [6, 6.07) is 0.682. The van der Waals surface area contributed by atoms with Crippen molar-refractivity contribution in [3.05, 3.63) is 0 Å². The van der Waals surface area contributed by atoms with Gasteiger partial charge in [0.05, 0.1) is 0 Å². The molecule has 2 nitrogen and oxygen atoms in total. The van der Waals surface area contributed by atoms with Gasteiger partial charge >= 0.3 is 0 Å². The predicted octanol–water partition coefficient (Wildman–Crippen LogP) is 1.91. The molecule has 1 rings (SSSR count). The summed E-state index contributed by atoms with van der Waals surface area (Å²) in [5.74, 6) is 1.76. The number of rotatable bonds is 3. The Morgan fingerprint density at radius 3 is 2.57 bits per heavy atom. The zero-order chi connectivity index (χ0) is 10.7. The summed E-state index contributed by atoms with van der Waals surface area (Å²) in [4.78, 5) is 4.93. The summed E-state index contributed by atoms with van der Waals surface area (Å²) < 4.78 is 0. The van der Waals surface area contributed by atoms with Crippen LogP contribution >= 0.6 is 0 Å². The van der Waals surface area contributed by atoms with Crippen molar-refractivity contribution in [1.29, 1.82) is 0 Å². The quantitative estimate of drug-likeness (QED) is 0.683. The van der Waals surface area contributed by atoms with E-state index in [0.717, 1.165) is 11.8 Å². The highest BCUT2D eigenvalue weighted by Gasteiger charge is 2.25. The first-order chi connectivity index (χ1) is 6.50. The second-order valence-electron chi connectivity index (χ2n) is 5.32. The minimum atomic E-state index is 0.682. The van der Waals surface area contributed by atoms with E-state index in [1.54, 1.807) is 0 Å². The lowest BCUT2D eigenvalue weighted by Gasteiger charge is -2.37. The van der Waals surface area contributed by atoms with Crippen LogP contribution in [0.3, 0.4) is 0 Å². The van der Waals surface area contributed by atoms with Crippen molar-refractivity contribution >= 4 is 0 Å². The molecule has 0 bridgehead atoms. The van der Waals surface area contributed by atoms with Crippen LogP contribution < -0.4 is 0 Å². The Bertz CT molecular complexity index is 168. The maximum absolute atomic E-state index is 2.48. The molecule has 1 saturated heterocycles. The first-order valence-electron chi connectivity index (χ1n) is 5.89. The molecule has 0 aromatic rings. The van der Waals surface area contributed by atoms with Gasteiger partial charge in [0.15, 0.2) is 0 Å². The summed E-state index contributed by atoms with van der Waals surface area (Å²) in [7, 11) is 4.48. The molecule has 2 atom stereocenters. The van der Waals surface area contributed by atoms with E-state index in [4.69, 9.17) is 0 Å². The van der Waals surface area contributed by atoms with Gasteiger partial charge < -0.3 is 9.80 Å². The van der Waals surface area contributed by atoms with Gasteiger partial charge in [0.2, 0.25) is 0 Å². The molecule has 0 aliphatic carbocycles. The van der Waals surface area contributed by atoms with Gasteiger partial charge in [-0.2, -0.15) is 0 Å². The molecule has 14 heavy (non-hydrogen) atoms. The smallest absolute Gasteiger partial charge is 0.00356 e. The fourth-order valence-corrected chi connectivity index (χ4v) is 2.25. The molecular formula is C12H26N2. The van der Waals surface area contributed by atoms with E-state index in [1.165, 1.54) is 26.1 Å². The fraction of sp³-hybridized carbons (Fsp3) is 1.00. The van der Waals surface area contributed by atoms with Crippen LogP contribution in [0.25, 0.3) is 0 Å². The summed E-state index contributed by atoms with van der Waals surface area (Å²) in [6.45, 7) is 10.8. The second kappa shape index (κ2) is 5.13. The van der Waals surface area contributed by atoms with Crippen LogP contribution in [-0.2, 0) is 0 Å². The first kappa shape index (κ1) is 12.0. The zero-order valence-corrected chi connectivity index (χ0v) is 10.5. The van der Waals surface area contributed by atoms with Crippen molar-refractivity contribution in [2.24, 2.45) is 11.8 Å². The van der Waals surface area contributed by atoms with Crippen LogP contribution in [0.2, 0.25) is 0 Å². The molecule has 1 aliphatic heterocycles. The Kier molecular flexibility index (Phi) is 4.39. The molecular weight excluding hydrogens is 172 g/mol. The van der Waals surface area contributed by atoms with Crippen molar-refractivity contribution in [2.45, 2.75) is 33.2 Å². The van der Waals surface area contributed by atoms with Crippen LogP contribution in [0.5, 0.6) is 0 Å². The number of nitrogens with zero attached hydrogens (tertiary/aromatic N) is 2. The van der Waals surface area contributed by atoms with Gasteiger partial charge in [0, 0.05) is 19.1 Å². The Hall–Kier alpha value is -0.0800. The van der Waals surface area contributed by atoms with Gasteiger partial charge in [-0.3, -0.25) is 0 Å². The number of hydrogen-bond donors (Lipinski definition) is 0. The zero-order valence-electron chi connectivity index (χ0n) is 10.5. The predicted molar refractivity (Wildman–Crippen MR) is 62.5 cm³/mol. The van der Waals surface area contributed by atoms with Crippen LogP contribution in [-0.4, -0.2) is 49.6 Å². The third kappa shape index (κ3) is 3.25. The molecule has 1 aliphatic rings. The van der Waals surface area contributed by atoms with E-state index in [-0.39, 0.29) is 0 Å². The Morgan fingerprint density at radius 2 is 2.07 bits per heavy atom. The fourth-order valence-electron chi connectivity index (χ4n) is 2.25. The molecule has 2 unspecified atom stereocenters. The monoisotopic (exact) mass is 198 g/mol. The highest BCUT2D eigenvalue weighted by molar-refractivity contribution is 4.78. The van der Waals surface area contributed by atoms with E-state index in [0.29, 0.717) is 6.04 Å². The molecule has 0 saturated carbocycles. The van der Waals surface area contributed by atoms with Gasteiger partial charge in [-0.15, -0.1) is 0 Å².